The second kappa shape index (κ2) is 9.23. The third-order valence-electron chi connectivity index (χ3n) is 5.56. The molecule has 0 atom stereocenters. The Bertz CT molecular complexity index is 799. The number of carbonyl (C=O) groups excluding carboxylic acids is 2. The number of nitrogens with zero attached hydrogens (tertiary/aromatic N) is 2. The molecule has 2 rings (SSSR count). The zero-order chi connectivity index (χ0) is 21.8. The number of benzene rings is 1. The number of piperidine rings is 1. The SMILES string of the molecule is CC1(C)CC(NC(=O)C(=O)Cc2ccc(Cl)c(F)c2)CC(C)(C)N1CCCC#N. The van der Waals surface area contributed by atoms with Crippen molar-refractivity contribution in [3.63, 3.8) is 0 Å². The summed E-state index contributed by atoms with van der Waals surface area (Å²) < 4.78 is 13.6. The molecular weight excluding hydrogens is 393 g/mol. The summed E-state index contributed by atoms with van der Waals surface area (Å²) in [5.41, 5.74) is 0.0506. The van der Waals surface area contributed by atoms with E-state index in [2.05, 4.69) is 44.0 Å². The van der Waals surface area contributed by atoms with Gasteiger partial charge in [-0.25, -0.2) is 4.39 Å². The summed E-state index contributed by atoms with van der Waals surface area (Å²) in [6, 6.07) is 6.15. The van der Waals surface area contributed by atoms with Crippen molar-refractivity contribution >= 4 is 23.3 Å². The van der Waals surface area contributed by atoms with Gasteiger partial charge in [-0.3, -0.25) is 14.5 Å². The van der Waals surface area contributed by atoms with Crippen molar-refractivity contribution in [1.29, 1.82) is 5.26 Å². The molecule has 0 saturated carbocycles. The van der Waals surface area contributed by atoms with E-state index in [9.17, 15) is 14.0 Å². The van der Waals surface area contributed by atoms with E-state index in [-0.39, 0.29) is 28.6 Å². The van der Waals surface area contributed by atoms with Crippen molar-refractivity contribution in [2.45, 2.75) is 76.9 Å². The van der Waals surface area contributed by atoms with Gasteiger partial charge < -0.3 is 5.32 Å². The highest BCUT2D eigenvalue weighted by Crippen LogP contribution is 2.38. The lowest BCUT2D eigenvalue weighted by Crippen LogP contribution is -2.64. The maximum absolute atomic E-state index is 13.6. The van der Waals surface area contributed by atoms with E-state index in [0.29, 0.717) is 24.8 Å². The van der Waals surface area contributed by atoms with Crippen molar-refractivity contribution in [3.8, 4) is 6.07 Å². The molecule has 0 spiro atoms. The summed E-state index contributed by atoms with van der Waals surface area (Å²) in [7, 11) is 0. The van der Waals surface area contributed by atoms with Crippen LogP contribution in [0.2, 0.25) is 5.02 Å². The molecule has 0 bridgehead atoms. The first-order chi connectivity index (χ1) is 13.5. The number of hydrogen-bond acceptors (Lipinski definition) is 4. The second-order valence-electron chi connectivity index (χ2n) is 8.97. The highest BCUT2D eigenvalue weighted by Gasteiger charge is 2.45. The number of halogens is 2. The molecule has 1 saturated heterocycles. The fraction of sp³-hybridized carbons (Fsp3) is 0.591. The Morgan fingerprint density at radius 3 is 2.45 bits per heavy atom. The Morgan fingerprint density at radius 1 is 1.28 bits per heavy atom. The number of unbranched alkanes of at least 4 members (excludes halogenated alkanes) is 1. The number of amides is 1. The number of rotatable bonds is 7. The van der Waals surface area contributed by atoms with Crippen molar-refractivity contribution in [2.75, 3.05) is 6.54 Å². The molecule has 0 aliphatic carbocycles. The molecule has 1 N–H and O–H groups in total. The fourth-order valence-electron chi connectivity index (χ4n) is 4.52. The average Bonchev–Trinajstić information content (AvgIpc) is 2.59. The molecule has 1 aliphatic rings. The Morgan fingerprint density at radius 2 is 1.90 bits per heavy atom. The van der Waals surface area contributed by atoms with Crippen LogP contribution in [-0.4, -0.2) is 40.3 Å². The van der Waals surface area contributed by atoms with Crippen molar-refractivity contribution in [2.24, 2.45) is 0 Å². The Labute approximate surface area is 177 Å². The van der Waals surface area contributed by atoms with Crippen LogP contribution in [0.1, 0.15) is 58.9 Å². The summed E-state index contributed by atoms with van der Waals surface area (Å²) in [5.74, 6) is -1.85. The molecule has 5 nitrogen and oxygen atoms in total. The van der Waals surface area contributed by atoms with Gasteiger partial charge in [0.1, 0.15) is 5.82 Å². The van der Waals surface area contributed by atoms with Gasteiger partial charge >= 0.3 is 0 Å². The summed E-state index contributed by atoms with van der Waals surface area (Å²) >= 11 is 5.65. The zero-order valence-corrected chi connectivity index (χ0v) is 18.3. The smallest absolute Gasteiger partial charge is 0.287 e. The molecule has 29 heavy (non-hydrogen) atoms. The summed E-state index contributed by atoms with van der Waals surface area (Å²) in [6.45, 7) is 9.31. The number of hydrogen-bond donors (Lipinski definition) is 1. The van der Waals surface area contributed by atoms with Crippen LogP contribution in [0, 0.1) is 17.1 Å². The van der Waals surface area contributed by atoms with E-state index in [1.54, 1.807) is 6.07 Å². The predicted octanol–water partition coefficient (Wildman–Crippen LogP) is 4.03. The molecule has 1 heterocycles. The summed E-state index contributed by atoms with van der Waals surface area (Å²) in [6.07, 6.45) is 2.56. The van der Waals surface area contributed by atoms with Crippen LogP contribution < -0.4 is 5.32 Å². The molecule has 158 valence electrons. The van der Waals surface area contributed by atoms with Crippen LogP contribution in [0.3, 0.4) is 0 Å². The maximum Gasteiger partial charge on any atom is 0.287 e. The van der Waals surface area contributed by atoms with Crippen LogP contribution in [0.25, 0.3) is 0 Å². The van der Waals surface area contributed by atoms with Gasteiger partial charge in [0.15, 0.2) is 0 Å². The molecule has 1 aliphatic heterocycles. The van der Waals surface area contributed by atoms with E-state index in [0.717, 1.165) is 13.0 Å². The highest BCUT2D eigenvalue weighted by atomic mass is 35.5. The molecule has 7 heteroatoms. The predicted molar refractivity (Wildman–Crippen MR) is 111 cm³/mol. The third-order valence-corrected chi connectivity index (χ3v) is 5.87. The Kier molecular flexibility index (Phi) is 7.42. The number of ketones is 1. The van der Waals surface area contributed by atoms with Gasteiger partial charge in [-0.05, 0) is 64.7 Å². The van der Waals surface area contributed by atoms with Gasteiger partial charge in [-0.1, -0.05) is 17.7 Å². The summed E-state index contributed by atoms with van der Waals surface area (Å²) in [4.78, 5) is 27.2. The number of carbonyl (C=O) groups is 2. The number of likely N-dealkylation sites (tertiary alicyclic amines) is 1. The van der Waals surface area contributed by atoms with Gasteiger partial charge in [-0.2, -0.15) is 5.26 Å². The molecule has 0 aromatic heterocycles. The van der Waals surface area contributed by atoms with Gasteiger partial charge in [0.05, 0.1) is 11.1 Å². The van der Waals surface area contributed by atoms with E-state index in [1.165, 1.54) is 12.1 Å². The van der Waals surface area contributed by atoms with Crippen LogP contribution in [0.15, 0.2) is 18.2 Å². The van der Waals surface area contributed by atoms with E-state index in [4.69, 9.17) is 16.9 Å². The third kappa shape index (κ3) is 6.01. The van der Waals surface area contributed by atoms with Crippen LogP contribution in [0.5, 0.6) is 0 Å². The lowest BCUT2D eigenvalue weighted by molar-refractivity contribution is -0.139. The molecule has 0 radical (unpaired) electrons. The van der Waals surface area contributed by atoms with Crippen LogP contribution in [0.4, 0.5) is 4.39 Å². The van der Waals surface area contributed by atoms with Crippen LogP contribution in [-0.2, 0) is 16.0 Å². The fourth-order valence-corrected chi connectivity index (χ4v) is 4.64. The normalized spacial score (nSPS) is 18.8. The average molecular weight is 422 g/mol. The minimum absolute atomic E-state index is 0.0170. The monoisotopic (exact) mass is 421 g/mol. The molecule has 0 unspecified atom stereocenters. The molecule has 1 aromatic carbocycles. The Hall–Kier alpha value is -1.97. The first kappa shape index (κ1) is 23.3. The van der Waals surface area contributed by atoms with E-state index in [1.807, 2.05) is 0 Å². The topological polar surface area (TPSA) is 73.2 Å². The number of nitrogens with one attached hydrogen (secondary N) is 1. The second-order valence-corrected chi connectivity index (χ2v) is 9.37. The molecular formula is C22H29ClFN3O2. The first-order valence-electron chi connectivity index (χ1n) is 9.88. The first-order valence-corrected chi connectivity index (χ1v) is 10.3. The standard InChI is InChI=1S/C22H29ClFN3O2/c1-21(2)13-16(14-22(3,4)27(21)10-6-5-9-25)26-20(29)19(28)12-15-7-8-17(23)18(24)11-15/h7-8,11,16H,5-6,10,12-14H2,1-4H3,(H,26,29). The largest absolute Gasteiger partial charge is 0.347 e. The number of nitriles is 1. The zero-order valence-electron chi connectivity index (χ0n) is 17.5. The van der Waals surface area contributed by atoms with E-state index >= 15 is 0 Å². The van der Waals surface area contributed by atoms with Gasteiger partial charge in [0.25, 0.3) is 5.91 Å². The van der Waals surface area contributed by atoms with Crippen molar-refractivity contribution in [1.82, 2.24) is 10.2 Å². The minimum Gasteiger partial charge on any atom is -0.347 e. The van der Waals surface area contributed by atoms with Crippen LogP contribution >= 0.6 is 11.6 Å². The minimum atomic E-state index is -0.644. The molecule has 1 aromatic rings. The lowest BCUT2D eigenvalue weighted by Gasteiger charge is -2.55. The van der Waals surface area contributed by atoms with Gasteiger partial charge in [-0.15, -0.1) is 0 Å². The highest BCUT2D eigenvalue weighted by molar-refractivity contribution is 6.36. The molecule has 1 amide bonds. The van der Waals surface area contributed by atoms with E-state index < -0.39 is 17.5 Å². The van der Waals surface area contributed by atoms with Crippen molar-refractivity contribution < 1.29 is 14.0 Å². The maximum atomic E-state index is 13.6. The quantitative estimate of drug-likeness (QED) is 0.532. The summed E-state index contributed by atoms with van der Waals surface area (Å²) in [5, 5.41) is 11.7. The molecule has 1 fully saturated rings. The number of Topliss-reactive ketones (excluding diaryl/α,β-unsaturated/α-hetero) is 1. The lowest BCUT2D eigenvalue weighted by atomic mass is 9.76. The van der Waals surface area contributed by atoms with Gasteiger partial charge in [0.2, 0.25) is 5.78 Å². The van der Waals surface area contributed by atoms with Crippen molar-refractivity contribution in [3.05, 3.63) is 34.6 Å². The Balaban J connectivity index is 2.00. The van der Waals surface area contributed by atoms with Gasteiger partial charge in [0, 0.05) is 36.5 Å².